The highest BCUT2D eigenvalue weighted by Gasteiger charge is 2.25. The average molecular weight is 756 g/mol. The molecule has 0 spiro atoms. The molecule has 0 atom stereocenters. The van der Waals surface area contributed by atoms with E-state index in [-0.39, 0.29) is 12.7 Å². The number of rotatable bonds is 13. The van der Waals surface area contributed by atoms with Gasteiger partial charge in [-0.3, -0.25) is 28.0 Å². The van der Waals surface area contributed by atoms with E-state index < -0.39 is 56.9 Å². The van der Waals surface area contributed by atoms with Gasteiger partial charge in [0.15, 0.2) is 0 Å². The first-order valence-electron chi connectivity index (χ1n) is 10.4. The Hall–Kier alpha value is -1.69. The Kier molecular flexibility index (Phi) is 14.6. The molecule has 1 rings (SSSR count). The normalized spacial score (nSPS) is 12.3. The van der Waals surface area contributed by atoms with Crippen molar-refractivity contribution in [1.82, 2.24) is 9.55 Å². The van der Waals surface area contributed by atoms with Gasteiger partial charge in [0.1, 0.15) is 0 Å². The van der Waals surface area contributed by atoms with E-state index in [4.69, 9.17) is 28.0 Å². The first-order chi connectivity index (χ1) is 16.9. The second kappa shape index (κ2) is 16.2. The van der Waals surface area contributed by atoms with Crippen LogP contribution in [0, 0.1) is 0 Å². The lowest BCUT2D eigenvalue weighted by Gasteiger charge is -2.17. The molecule has 0 saturated carbocycles. The highest BCUT2D eigenvalue weighted by molar-refractivity contribution is 14.1. The van der Waals surface area contributed by atoms with Crippen molar-refractivity contribution < 1.29 is 42.1 Å². The number of hydrogen-bond acceptors (Lipinski definition) is 11. The standard InChI is InChI=1S/C20H27I2N2O11P/c1-13(2)34-19(27)30-11-32-36(29,33-12-31-20(28)35-14(3)4)8-6-5-7-24-10-15(16(22)9-21)17(25)23-18(24)26/h5-6,9-10,13-14H,7-8,11-12H2,1-4H3,(H,23,25,26)/b6-5+,16-9+. The van der Waals surface area contributed by atoms with Gasteiger partial charge < -0.3 is 18.9 Å². The van der Waals surface area contributed by atoms with Crippen LogP contribution < -0.4 is 11.2 Å². The molecule has 0 fully saturated rings. The van der Waals surface area contributed by atoms with Gasteiger partial charge >= 0.3 is 25.6 Å². The topological polar surface area (TPSA) is 161 Å². The molecular formula is C20H27I2N2O11P. The molecule has 0 aromatic carbocycles. The molecule has 1 aromatic rings. The van der Waals surface area contributed by atoms with Crippen molar-refractivity contribution in [3.63, 3.8) is 0 Å². The number of H-pyrrole nitrogens is 1. The van der Waals surface area contributed by atoms with Gasteiger partial charge in [0.25, 0.3) is 5.56 Å². The van der Waals surface area contributed by atoms with Gasteiger partial charge in [0.2, 0.25) is 13.6 Å². The maximum atomic E-state index is 13.0. The minimum atomic E-state index is -3.98. The highest BCUT2D eigenvalue weighted by atomic mass is 127. The van der Waals surface area contributed by atoms with Crippen molar-refractivity contribution >= 4 is 68.7 Å². The molecule has 0 aliphatic rings. The lowest BCUT2D eigenvalue weighted by Crippen LogP contribution is -2.30. The van der Waals surface area contributed by atoms with Crippen LogP contribution in [0.2, 0.25) is 0 Å². The number of nitrogens with zero attached hydrogens (tertiary/aromatic N) is 1. The zero-order valence-electron chi connectivity index (χ0n) is 19.9. The molecule has 0 amide bonds. The van der Waals surface area contributed by atoms with Crippen molar-refractivity contribution in [3.05, 3.63) is 48.8 Å². The van der Waals surface area contributed by atoms with Crippen LogP contribution in [0.3, 0.4) is 0 Å². The summed E-state index contributed by atoms with van der Waals surface area (Å²) in [7, 11) is -3.98. The van der Waals surface area contributed by atoms with Crippen molar-refractivity contribution in [2.45, 2.75) is 46.4 Å². The van der Waals surface area contributed by atoms with E-state index in [2.05, 4.69) is 4.98 Å². The number of hydrogen-bond donors (Lipinski definition) is 1. The third-order valence-corrected chi connectivity index (χ3v) is 8.04. The Labute approximate surface area is 234 Å². The molecule has 0 aliphatic heterocycles. The summed E-state index contributed by atoms with van der Waals surface area (Å²) in [6.45, 7) is 4.99. The van der Waals surface area contributed by atoms with Crippen LogP contribution in [-0.4, -0.2) is 53.8 Å². The number of halogens is 2. The number of ether oxygens (including phenoxy) is 4. The van der Waals surface area contributed by atoms with Crippen LogP contribution in [0.5, 0.6) is 0 Å². The predicted octanol–water partition coefficient (Wildman–Crippen LogP) is 4.53. The van der Waals surface area contributed by atoms with Gasteiger partial charge in [-0.1, -0.05) is 34.7 Å². The summed E-state index contributed by atoms with van der Waals surface area (Å²) >= 11 is 3.95. The summed E-state index contributed by atoms with van der Waals surface area (Å²) in [6.07, 6.45) is 1.03. The smallest absolute Gasteiger partial charge is 0.432 e. The third kappa shape index (κ3) is 12.5. The van der Waals surface area contributed by atoms with Gasteiger partial charge in [-0.2, -0.15) is 0 Å². The van der Waals surface area contributed by atoms with Crippen LogP contribution in [-0.2, 0) is 39.1 Å². The number of aromatic nitrogens is 2. The molecule has 202 valence electrons. The minimum absolute atomic E-state index is 0.0300. The predicted molar refractivity (Wildman–Crippen MR) is 146 cm³/mol. The molecule has 0 bridgehead atoms. The molecule has 16 heteroatoms. The van der Waals surface area contributed by atoms with Crippen LogP contribution >= 0.6 is 52.8 Å². The summed E-state index contributed by atoms with van der Waals surface area (Å²) in [5, 5.41) is 0. The Bertz CT molecular complexity index is 1080. The molecule has 36 heavy (non-hydrogen) atoms. The second-order valence-corrected chi connectivity index (χ2v) is 11.2. The molecule has 0 unspecified atom stereocenters. The summed E-state index contributed by atoms with van der Waals surface area (Å²) in [5.41, 5.74) is -0.835. The first-order valence-corrected chi connectivity index (χ1v) is 14.4. The van der Waals surface area contributed by atoms with Crippen molar-refractivity contribution in [2.24, 2.45) is 0 Å². The number of allylic oxidation sites excluding steroid dienone is 2. The van der Waals surface area contributed by atoms with Crippen LogP contribution in [0.1, 0.15) is 33.3 Å². The molecule has 0 radical (unpaired) electrons. The fourth-order valence-electron chi connectivity index (χ4n) is 2.17. The molecule has 0 saturated heterocycles. The molecule has 13 nitrogen and oxygen atoms in total. The van der Waals surface area contributed by atoms with E-state index in [1.54, 1.807) is 31.8 Å². The van der Waals surface area contributed by atoms with E-state index in [0.29, 0.717) is 9.14 Å². The average Bonchev–Trinajstić information content (AvgIpc) is 2.76. The van der Waals surface area contributed by atoms with E-state index in [1.807, 2.05) is 45.2 Å². The second-order valence-electron chi connectivity index (χ2n) is 7.29. The Morgan fingerprint density at radius 2 is 1.56 bits per heavy atom. The quantitative estimate of drug-likeness (QED) is 0.0991. The van der Waals surface area contributed by atoms with Crippen LogP contribution in [0.15, 0.2) is 32.0 Å². The number of aromatic amines is 1. The minimum Gasteiger partial charge on any atom is -0.432 e. The fourth-order valence-corrected chi connectivity index (χ4v) is 4.01. The molecular weight excluding hydrogens is 729 g/mol. The Balaban J connectivity index is 2.86. The Morgan fingerprint density at radius 3 is 2.03 bits per heavy atom. The number of nitrogens with one attached hydrogen (secondary N) is 1. The highest BCUT2D eigenvalue weighted by Crippen LogP contribution is 2.48. The number of carbonyl (C=O) groups excluding carboxylic acids is 2. The summed E-state index contributed by atoms with van der Waals surface area (Å²) < 4.78 is 45.8. The van der Waals surface area contributed by atoms with Gasteiger partial charge in [0, 0.05) is 16.3 Å². The summed E-state index contributed by atoms with van der Waals surface area (Å²) in [5.74, 6) is 0. The van der Waals surface area contributed by atoms with E-state index in [9.17, 15) is 23.7 Å². The van der Waals surface area contributed by atoms with Crippen molar-refractivity contribution in [1.29, 1.82) is 0 Å². The molecule has 1 aromatic heterocycles. The largest absolute Gasteiger partial charge is 0.510 e. The van der Waals surface area contributed by atoms with Crippen LogP contribution in [0.4, 0.5) is 9.59 Å². The van der Waals surface area contributed by atoms with Crippen molar-refractivity contribution in [2.75, 3.05) is 19.7 Å². The fraction of sp³-hybridized carbons (Fsp3) is 0.500. The molecule has 1 N–H and O–H groups in total. The Morgan fingerprint density at radius 1 is 1.03 bits per heavy atom. The van der Waals surface area contributed by atoms with Crippen LogP contribution in [0.25, 0.3) is 3.58 Å². The van der Waals surface area contributed by atoms with Gasteiger partial charge in [0.05, 0.1) is 23.9 Å². The first kappa shape index (κ1) is 32.3. The lowest BCUT2D eigenvalue weighted by atomic mass is 10.3. The monoisotopic (exact) mass is 756 g/mol. The van der Waals surface area contributed by atoms with Gasteiger partial charge in [-0.05, 0) is 54.4 Å². The third-order valence-electron chi connectivity index (χ3n) is 3.68. The van der Waals surface area contributed by atoms with E-state index >= 15 is 0 Å². The van der Waals surface area contributed by atoms with Crippen molar-refractivity contribution in [3.8, 4) is 0 Å². The van der Waals surface area contributed by atoms with E-state index in [0.717, 1.165) is 0 Å². The zero-order valence-corrected chi connectivity index (χ0v) is 25.1. The maximum Gasteiger partial charge on any atom is 0.510 e. The zero-order chi connectivity index (χ0) is 27.3. The molecule has 0 aliphatic carbocycles. The van der Waals surface area contributed by atoms with Gasteiger partial charge in [-0.15, -0.1) is 0 Å². The molecule has 1 heterocycles. The van der Waals surface area contributed by atoms with E-state index in [1.165, 1.54) is 22.9 Å². The summed E-state index contributed by atoms with van der Waals surface area (Å²) in [6, 6.07) is 0. The SMILES string of the molecule is CC(C)OC(=O)OCOP(=O)(C/C=C/Cn1cc(/C(I)=C\I)c(=O)[nH]c1=O)OCOC(=O)OC(C)C. The lowest BCUT2D eigenvalue weighted by molar-refractivity contribution is -0.0298. The maximum absolute atomic E-state index is 13.0. The number of carbonyl (C=O) groups is 2. The summed E-state index contributed by atoms with van der Waals surface area (Å²) in [4.78, 5) is 49.3. The van der Waals surface area contributed by atoms with Gasteiger partial charge in [-0.25, -0.2) is 14.4 Å².